The lowest BCUT2D eigenvalue weighted by molar-refractivity contribution is -0.121. The van der Waals surface area contributed by atoms with E-state index in [0.29, 0.717) is 41.3 Å². The second kappa shape index (κ2) is 9.49. The number of nitrogens with one attached hydrogen (secondary N) is 1. The monoisotopic (exact) mass is 440 g/mol. The van der Waals surface area contributed by atoms with E-state index in [1.54, 1.807) is 25.3 Å². The first-order chi connectivity index (χ1) is 15.0. The fraction of sp³-hybridized carbons (Fsp3) is 0.348. The van der Waals surface area contributed by atoms with Crippen molar-refractivity contribution in [3.05, 3.63) is 58.9 Å². The van der Waals surface area contributed by atoms with E-state index < -0.39 is 0 Å². The zero-order valence-electron chi connectivity index (χ0n) is 17.6. The van der Waals surface area contributed by atoms with Gasteiger partial charge in [-0.25, -0.2) is 0 Å². The number of amides is 1. The Hall–Kier alpha value is -2.90. The molecule has 1 atom stereocenters. The second-order valence-electron chi connectivity index (χ2n) is 7.74. The lowest BCUT2D eigenvalue weighted by Gasteiger charge is -2.30. The molecule has 4 rings (SSSR count). The van der Waals surface area contributed by atoms with Crippen LogP contribution in [0.4, 0.5) is 5.69 Å². The first-order valence-corrected chi connectivity index (χ1v) is 10.7. The standard InChI is InChI=1S/C23H25ClN4O3/c1-15-6-3-4-8-18(15)22-26-21(31-27-22)14-28-11-5-7-16(13-28)23(29)25-17-9-10-20(30-2)19(24)12-17/h3-4,6,8-10,12,16H,5,7,11,13-14H2,1-2H3,(H,25,29). The summed E-state index contributed by atoms with van der Waals surface area (Å²) in [5.41, 5.74) is 2.72. The molecule has 3 aromatic rings. The molecule has 1 amide bonds. The SMILES string of the molecule is COc1ccc(NC(=O)C2CCCN(Cc3nc(-c4ccccc4C)no3)C2)cc1Cl. The molecule has 2 aromatic carbocycles. The molecular weight excluding hydrogens is 416 g/mol. The summed E-state index contributed by atoms with van der Waals surface area (Å²) in [6.45, 7) is 4.07. The highest BCUT2D eigenvalue weighted by Gasteiger charge is 2.27. The van der Waals surface area contributed by atoms with E-state index in [4.69, 9.17) is 20.9 Å². The molecule has 2 heterocycles. The molecule has 1 aliphatic rings. The Kier molecular flexibility index (Phi) is 6.53. The number of likely N-dealkylation sites (tertiary alicyclic amines) is 1. The molecule has 0 aliphatic carbocycles. The molecular formula is C23H25ClN4O3. The molecule has 0 bridgehead atoms. The summed E-state index contributed by atoms with van der Waals surface area (Å²) in [4.78, 5) is 19.5. The predicted octanol–water partition coefficient (Wildman–Crippen LogP) is 4.56. The van der Waals surface area contributed by atoms with Gasteiger partial charge < -0.3 is 14.6 Å². The van der Waals surface area contributed by atoms with Gasteiger partial charge >= 0.3 is 0 Å². The van der Waals surface area contributed by atoms with Gasteiger partial charge in [-0.1, -0.05) is 41.0 Å². The highest BCUT2D eigenvalue weighted by Crippen LogP contribution is 2.28. The zero-order chi connectivity index (χ0) is 21.8. The number of ether oxygens (including phenoxy) is 1. The zero-order valence-corrected chi connectivity index (χ0v) is 18.4. The number of nitrogens with zero attached hydrogens (tertiary/aromatic N) is 3. The minimum atomic E-state index is -0.117. The molecule has 1 N–H and O–H groups in total. The van der Waals surface area contributed by atoms with Crippen LogP contribution >= 0.6 is 11.6 Å². The van der Waals surface area contributed by atoms with Crippen molar-refractivity contribution in [3.8, 4) is 17.1 Å². The Labute approximate surface area is 186 Å². The van der Waals surface area contributed by atoms with Crippen molar-refractivity contribution in [2.75, 3.05) is 25.5 Å². The van der Waals surface area contributed by atoms with Crippen LogP contribution in [0.25, 0.3) is 11.4 Å². The fourth-order valence-electron chi connectivity index (χ4n) is 3.85. The minimum Gasteiger partial charge on any atom is -0.495 e. The van der Waals surface area contributed by atoms with Crippen molar-refractivity contribution in [1.29, 1.82) is 0 Å². The highest BCUT2D eigenvalue weighted by molar-refractivity contribution is 6.32. The van der Waals surface area contributed by atoms with Gasteiger partial charge in [0.1, 0.15) is 5.75 Å². The van der Waals surface area contributed by atoms with Gasteiger partial charge in [0, 0.05) is 17.8 Å². The largest absolute Gasteiger partial charge is 0.495 e. The molecule has 7 nitrogen and oxygen atoms in total. The third-order valence-electron chi connectivity index (χ3n) is 5.51. The molecule has 8 heteroatoms. The predicted molar refractivity (Wildman–Crippen MR) is 119 cm³/mol. The van der Waals surface area contributed by atoms with Crippen molar-refractivity contribution in [2.45, 2.75) is 26.3 Å². The maximum absolute atomic E-state index is 12.8. The van der Waals surface area contributed by atoms with Crippen molar-refractivity contribution in [1.82, 2.24) is 15.0 Å². The van der Waals surface area contributed by atoms with Crippen LogP contribution in [0.5, 0.6) is 5.75 Å². The molecule has 1 fully saturated rings. The van der Waals surface area contributed by atoms with Gasteiger partial charge in [0.15, 0.2) is 0 Å². The summed E-state index contributed by atoms with van der Waals surface area (Å²) in [5.74, 6) is 1.59. The van der Waals surface area contributed by atoms with Gasteiger partial charge in [0.2, 0.25) is 17.6 Å². The van der Waals surface area contributed by atoms with E-state index >= 15 is 0 Å². The van der Waals surface area contributed by atoms with Crippen LogP contribution < -0.4 is 10.1 Å². The van der Waals surface area contributed by atoms with Crippen LogP contribution in [0.2, 0.25) is 5.02 Å². The summed E-state index contributed by atoms with van der Waals surface area (Å²) in [7, 11) is 1.56. The lowest BCUT2D eigenvalue weighted by Crippen LogP contribution is -2.40. The first kappa shape index (κ1) is 21.3. The van der Waals surface area contributed by atoms with E-state index in [1.165, 1.54) is 0 Å². The highest BCUT2D eigenvalue weighted by atomic mass is 35.5. The van der Waals surface area contributed by atoms with Gasteiger partial charge in [-0.05, 0) is 50.1 Å². The smallest absolute Gasteiger partial charge is 0.241 e. The Bertz CT molecular complexity index is 1070. The third kappa shape index (κ3) is 5.06. The second-order valence-corrected chi connectivity index (χ2v) is 8.15. The number of anilines is 1. The average molecular weight is 441 g/mol. The molecule has 1 aliphatic heterocycles. The van der Waals surface area contributed by atoms with Crippen molar-refractivity contribution in [2.24, 2.45) is 5.92 Å². The van der Waals surface area contributed by atoms with Crippen molar-refractivity contribution >= 4 is 23.2 Å². The average Bonchev–Trinajstić information content (AvgIpc) is 3.22. The Morgan fingerprint density at radius 1 is 1.32 bits per heavy atom. The van der Waals surface area contributed by atoms with Crippen LogP contribution in [0.1, 0.15) is 24.3 Å². The molecule has 31 heavy (non-hydrogen) atoms. The number of aromatic nitrogens is 2. The third-order valence-corrected chi connectivity index (χ3v) is 5.80. The number of carbonyl (C=O) groups excluding carboxylic acids is 1. The van der Waals surface area contributed by atoms with E-state index in [9.17, 15) is 4.79 Å². The number of benzene rings is 2. The topological polar surface area (TPSA) is 80.5 Å². The maximum atomic E-state index is 12.8. The molecule has 1 aromatic heterocycles. The molecule has 1 unspecified atom stereocenters. The minimum absolute atomic E-state index is 0.0166. The number of carbonyl (C=O) groups is 1. The van der Waals surface area contributed by atoms with E-state index in [0.717, 1.165) is 30.5 Å². The summed E-state index contributed by atoms with van der Waals surface area (Å²) in [5, 5.41) is 7.56. The molecule has 0 radical (unpaired) electrons. The number of hydrogen-bond acceptors (Lipinski definition) is 6. The van der Waals surface area contributed by atoms with Crippen LogP contribution in [0.3, 0.4) is 0 Å². The molecule has 1 saturated heterocycles. The normalized spacial score (nSPS) is 16.8. The molecule has 0 spiro atoms. The summed E-state index contributed by atoms with van der Waals surface area (Å²) in [6, 6.07) is 13.2. The number of aryl methyl sites for hydroxylation is 1. The van der Waals surface area contributed by atoms with E-state index in [2.05, 4.69) is 20.4 Å². The summed E-state index contributed by atoms with van der Waals surface area (Å²) < 4.78 is 10.6. The van der Waals surface area contributed by atoms with Crippen molar-refractivity contribution < 1.29 is 14.1 Å². The molecule has 0 saturated carbocycles. The van der Waals surface area contributed by atoms with Crippen LogP contribution in [-0.4, -0.2) is 41.1 Å². The fourth-order valence-corrected chi connectivity index (χ4v) is 4.10. The number of hydrogen-bond donors (Lipinski definition) is 1. The number of rotatable bonds is 6. The Balaban J connectivity index is 1.37. The lowest BCUT2D eigenvalue weighted by atomic mass is 9.97. The maximum Gasteiger partial charge on any atom is 0.241 e. The number of methoxy groups -OCH3 is 1. The summed E-state index contributed by atoms with van der Waals surface area (Å²) >= 11 is 6.16. The van der Waals surface area contributed by atoms with Gasteiger partial charge in [-0.2, -0.15) is 4.98 Å². The van der Waals surface area contributed by atoms with Gasteiger partial charge in [-0.15, -0.1) is 0 Å². The Morgan fingerprint density at radius 2 is 2.16 bits per heavy atom. The quantitative estimate of drug-likeness (QED) is 0.605. The van der Waals surface area contributed by atoms with Gasteiger partial charge in [0.25, 0.3) is 0 Å². The van der Waals surface area contributed by atoms with E-state index in [1.807, 2.05) is 31.2 Å². The van der Waals surface area contributed by atoms with E-state index in [-0.39, 0.29) is 11.8 Å². The number of halogens is 1. The van der Waals surface area contributed by atoms with Gasteiger partial charge in [0.05, 0.1) is 24.6 Å². The molecule has 162 valence electrons. The van der Waals surface area contributed by atoms with Gasteiger partial charge in [-0.3, -0.25) is 9.69 Å². The van der Waals surface area contributed by atoms with Crippen LogP contribution in [0, 0.1) is 12.8 Å². The Morgan fingerprint density at radius 3 is 2.94 bits per heavy atom. The first-order valence-electron chi connectivity index (χ1n) is 10.3. The van der Waals surface area contributed by atoms with Crippen LogP contribution in [-0.2, 0) is 11.3 Å². The van der Waals surface area contributed by atoms with Crippen LogP contribution in [0.15, 0.2) is 47.0 Å². The number of piperidine rings is 1. The van der Waals surface area contributed by atoms with Crippen molar-refractivity contribution in [3.63, 3.8) is 0 Å². The summed E-state index contributed by atoms with van der Waals surface area (Å²) in [6.07, 6.45) is 1.77.